The van der Waals surface area contributed by atoms with Crippen LogP contribution in [0.4, 0.5) is 5.82 Å². The Bertz CT molecular complexity index is 683. The Hall–Kier alpha value is -1.34. The van der Waals surface area contributed by atoms with E-state index in [0.29, 0.717) is 0 Å². The molecule has 2 fully saturated rings. The Kier molecular flexibility index (Phi) is 3.92. The number of aromatic nitrogens is 2. The van der Waals surface area contributed by atoms with E-state index in [1.54, 1.807) is 17.7 Å². The molecule has 116 valence electrons. The van der Waals surface area contributed by atoms with Crippen molar-refractivity contribution in [2.24, 2.45) is 0 Å². The number of carbonyl (C=O) groups excluding carboxylic acids is 1. The van der Waals surface area contributed by atoms with E-state index in [-0.39, 0.29) is 11.9 Å². The summed E-state index contributed by atoms with van der Waals surface area (Å²) in [5.41, 5.74) is 0. The summed E-state index contributed by atoms with van der Waals surface area (Å²) in [7, 11) is 0. The van der Waals surface area contributed by atoms with Crippen LogP contribution in [-0.4, -0.2) is 58.0 Å². The van der Waals surface area contributed by atoms with Gasteiger partial charge in [-0.3, -0.25) is 4.79 Å². The minimum absolute atomic E-state index is 0.0545. The zero-order valence-corrected chi connectivity index (χ0v) is 13.9. The van der Waals surface area contributed by atoms with Crippen LogP contribution < -0.4 is 4.90 Å². The van der Waals surface area contributed by atoms with Crippen molar-refractivity contribution in [1.82, 2.24) is 14.9 Å². The van der Waals surface area contributed by atoms with Crippen LogP contribution in [0.15, 0.2) is 17.8 Å². The highest BCUT2D eigenvalue weighted by Gasteiger charge is 2.35. The molecule has 0 aromatic carbocycles. The zero-order chi connectivity index (χ0) is 14.9. The van der Waals surface area contributed by atoms with Gasteiger partial charge in [-0.05, 0) is 24.3 Å². The fourth-order valence-electron chi connectivity index (χ4n) is 3.28. The number of hydrogen-bond donors (Lipinski definition) is 0. The Morgan fingerprint density at radius 1 is 1.23 bits per heavy atom. The standard InChI is InChI=1S/C15H18N4OS2/c20-15(18-5-8-21-9-6-18)12-2-1-4-19(12)13-11-3-7-22-14(11)17-10-16-13/h3,7,10,12H,1-2,4-6,8-9H2. The highest BCUT2D eigenvalue weighted by molar-refractivity contribution is 7.99. The molecule has 4 heterocycles. The van der Waals surface area contributed by atoms with Gasteiger partial charge in [-0.2, -0.15) is 11.8 Å². The average molecular weight is 334 g/mol. The summed E-state index contributed by atoms with van der Waals surface area (Å²) in [5, 5.41) is 3.11. The summed E-state index contributed by atoms with van der Waals surface area (Å²) in [4.78, 5) is 26.9. The number of fused-ring (bicyclic) bond motifs is 1. The lowest BCUT2D eigenvalue weighted by Crippen LogP contribution is -2.48. The first-order valence-electron chi connectivity index (χ1n) is 7.66. The van der Waals surface area contributed by atoms with Crippen molar-refractivity contribution in [3.8, 4) is 0 Å². The van der Waals surface area contributed by atoms with Gasteiger partial charge in [0.15, 0.2) is 0 Å². The predicted octanol–water partition coefficient (Wildman–Crippen LogP) is 2.24. The van der Waals surface area contributed by atoms with E-state index in [9.17, 15) is 4.79 Å². The quantitative estimate of drug-likeness (QED) is 0.843. The van der Waals surface area contributed by atoms with E-state index in [0.717, 1.165) is 60.0 Å². The number of hydrogen-bond acceptors (Lipinski definition) is 6. The topological polar surface area (TPSA) is 49.3 Å². The Morgan fingerprint density at radius 3 is 2.95 bits per heavy atom. The van der Waals surface area contributed by atoms with Crippen LogP contribution in [0.2, 0.25) is 0 Å². The SMILES string of the molecule is O=C(C1CCCN1c1ncnc2sccc12)N1CCSCC1. The van der Waals surface area contributed by atoms with Crippen LogP contribution in [0, 0.1) is 0 Å². The summed E-state index contributed by atoms with van der Waals surface area (Å²) in [6.45, 7) is 2.66. The van der Waals surface area contributed by atoms with Gasteiger partial charge in [-0.1, -0.05) is 0 Å². The summed E-state index contributed by atoms with van der Waals surface area (Å²) >= 11 is 3.55. The van der Waals surface area contributed by atoms with Gasteiger partial charge in [0.1, 0.15) is 23.0 Å². The zero-order valence-electron chi connectivity index (χ0n) is 12.3. The molecular formula is C15H18N4OS2. The molecule has 7 heteroatoms. The van der Waals surface area contributed by atoms with Crippen LogP contribution in [0.5, 0.6) is 0 Å². The number of carbonyl (C=O) groups is 1. The molecule has 2 aromatic heterocycles. The lowest BCUT2D eigenvalue weighted by molar-refractivity contribution is -0.132. The lowest BCUT2D eigenvalue weighted by Gasteiger charge is -2.33. The molecule has 1 atom stereocenters. The van der Waals surface area contributed by atoms with E-state index in [1.807, 2.05) is 22.0 Å². The maximum absolute atomic E-state index is 12.9. The first-order chi connectivity index (χ1) is 10.8. The maximum Gasteiger partial charge on any atom is 0.245 e. The van der Waals surface area contributed by atoms with E-state index in [2.05, 4.69) is 20.9 Å². The Morgan fingerprint density at radius 2 is 2.09 bits per heavy atom. The smallest absolute Gasteiger partial charge is 0.245 e. The average Bonchev–Trinajstić information content (AvgIpc) is 3.23. The van der Waals surface area contributed by atoms with Crippen molar-refractivity contribution in [2.45, 2.75) is 18.9 Å². The van der Waals surface area contributed by atoms with Crippen LogP contribution in [-0.2, 0) is 4.79 Å². The minimum Gasteiger partial charge on any atom is -0.344 e. The highest BCUT2D eigenvalue weighted by atomic mass is 32.2. The van der Waals surface area contributed by atoms with Gasteiger partial charge in [-0.25, -0.2) is 9.97 Å². The van der Waals surface area contributed by atoms with Crippen LogP contribution >= 0.6 is 23.1 Å². The second kappa shape index (κ2) is 6.04. The van der Waals surface area contributed by atoms with Crippen LogP contribution in [0.1, 0.15) is 12.8 Å². The Labute approximate surface area is 137 Å². The van der Waals surface area contributed by atoms with Crippen LogP contribution in [0.25, 0.3) is 10.2 Å². The van der Waals surface area contributed by atoms with Gasteiger partial charge >= 0.3 is 0 Å². The fraction of sp³-hybridized carbons (Fsp3) is 0.533. The van der Waals surface area contributed by atoms with E-state index >= 15 is 0 Å². The third kappa shape index (κ3) is 2.46. The molecule has 22 heavy (non-hydrogen) atoms. The van der Waals surface area contributed by atoms with E-state index in [1.165, 1.54) is 0 Å². The third-order valence-corrected chi connectivity index (χ3v) is 6.14. The molecule has 0 N–H and O–H groups in total. The van der Waals surface area contributed by atoms with Gasteiger partial charge in [0.2, 0.25) is 5.91 Å². The lowest BCUT2D eigenvalue weighted by atomic mass is 10.2. The van der Waals surface area contributed by atoms with Crippen molar-refractivity contribution in [3.63, 3.8) is 0 Å². The second-order valence-corrected chi connectivity index (χ2v) is 7.75. The van der Waals surface area contributed by atoms with E-state index < -0.39 is 0 Å². The van der Waals surface area contributed by atoms with Gasteiger partial charge in [0.25, 0.3) is 0 Å². The first-order valence-corrected chi connectivity index (χ1v) is 9.69. The van der Waals surface area contributed by atoms with Gasteiger partial charge < -0.3 is 9.80 Å². The van der Waals surface area contributed by atoms with Gasteiger partial charge in [-0.15, -0.1) is 11.3 Å². The third-order valence-electron chi connectivity index (χ3n) is 4.37. The largest absolute Gasteiger partial charge is 0.344 e. The molecule has 0 saturated carbocycles. The number of thiophene rings is 1. The molecule has 2 aromatic rings. The van der Waals surface area contributed by atoms with Gasteiger partial charge in [0, 0.05) is 31.1 Å². The molecule has 0 aliphatic carbocycles. The summed E-state index contributed by atoms with van der Waals surface area (Å²) in [6.07, 6.45) is 3.60. The van der Waals surface area contributed by atoms with Crippen LogP contribution in [0.3, 0.4) is 0 Å². The van der Waals surface area contributed by atoms with Gasteiger partial charge in [0.05, 0.1) is 5.39 Å². The molecule has 2 saturated heterocycles. The summed E-state index contributed by atoms with van der Waals surface area (Å²) in [6, 6.07) is 2.01. The van der Waals surface area contributed by atoms with Crippen molar-refractivity contribution in [3.05, 3.63) is 17.8 Å². The van der Waals surface area contributed by atoms with E-state index in [4.69, 9.17) is 0 Å². The minimum atomic E-state index is -0.0545. The molecule has 0 bridgehead atoms. The monoisotopic (exact) mass is 334 g/mol. The van der Waals surface area contributed by atoms with Crippen molar-refractivity contribution in [1.29, 1.82) is 0 Å². The molecule has 1 amide bonds. The number of amides is 1. The number of nitrogens with zero attached hydrogens (tertiary/aromatic N) is 4. The number of thioether (sulfide) groups is 1. The van der Waals surface area contributed by atoms with Crippen molar-refractivity contribution >= 4 is 45.0 Å². The summed E-state index contributed by atoms with van der Waals surface area (Å²) < 4.78 is 0. The fourth-order valence-corrected chi connectivity index (χ4v) is 4.91. The molecule has 2 aliphatic rings. The molecule has 0 radical (unpaired) electrons. The number of rotatable bonds is 2. The molecule has 5 nitrogen and oxygen atoms in total. The molecule has 2 aliphatic heterocycles. The summed E-state index contributed by atoms with van der Waals surface area (Å²) in [5.74, 6) is 3.31. The second-order valence-electron chi connectivity index (χ2n) is 5.63. The molecular weight excluding hydrogens is 316 g/mol. The normalized spacial score (nSPS) is 22.5. The number of anilines is 1. The van der Waals surface area contributed by atoms with Crippen molar-refractivity contribution in [2.75, 3.05) is 36.0 Å². The van der Waals surface area contributed by atoms with Crippen molar-refractivity contribution < 1.29 is 4.79 Å². The Balaban J connectivity index is 1.63. The predicted molar refractivity (Wildman–Crippen MR) is 91.7 cm³/mol. The first kappa shape index (κ1) is 14.3. The molecule has 1 unspecified atom stereocenters. The molecule has 0 spiro atoms. The maximum atomic E-state index is 12.9. The highest BCUT2D eigenvalue weighted by Crippen LogP contribution is 2.32. The molecule has 4 rings (SSSR count).